The molecule has 0 aromatic heterocycles. The van der Waals surface area contributed by atoms with Crippen LogP contribution in [0.2, 0.25) is 0 Å². The van der Waals surface area contributed by atoms with Crippen molar-refractivity contribution in [1.82, 2.24) is 6.15 Å². The van der Waals surface area contributed by atoms with Crippen LogP contribution in [-0.4, -0.2) is 24.9 Å². The molecule has 0 aromatic carbocycles. The molecule has 0 aliphatic heterocycles. The third-order valence-corrected chi connectivity index (χ3v) is 1.88. The van der Waals surface area contributed by atoms with Crippen LogP contribution in [0, 0.1) is 0 Å². The normalized spacial score (nSPS) is 9.69. The lowest BCUT2D eigenvalue weighted by Gasteiger charge is -2.01. The predicted molar refractivity (Wildman–Crippen MR) is 56.3 cm³/mol. The number of aliphatic hydroxyl groups is 1. The smallest absolute Gasteiger partial charge is 0.0697 e. The average molecular weight is 191 g/mol. The lowest BCUT2D eigenvalue weighted by Crippen LogP contribution is -2.00. The van der Waals surface area contributed by atoms with Gasteiger partial charge in [0, 0.05) is 6.61 Å². The monoisotopic (exact) mass is 191 g/mol. The van der Waals surface area contributed by atoms with E-state index in [-0.39, 0.29) is 12.8 Å². The van der Waals surface area contributed by atoms with E-state index in [0.29, 0.717) is 6.61 Å². The lowest BCUT2D eigenvalue weighted by atomic mass is 10.1. The van der Waals surface area contributed by atoms with Crippen molar-refractivity contribution < 1.29 is 9.84 Å². The first-order valence-corrected chi connectivity index (χ1v) is 5.10. The van der Waals surface area contributed by atoms with Crippen LogP contribution in [-0.2, 0) is 4.74 Å². The molecular formula is C10H25NO2. The number of hydrogen-bond acceptors (Lipinski definition) is 3. The largest absolute Gasteiger partial charge is 0.394 e. The quantitative estimate of drug-likeness (QED) is 0.550. The molecule has 0 atom stereocenters. The van der Waals surface area contributed by atoms with Crippen molar-refractivity contribution in [3.8, 4) is 0 Å². The summed E-state index contributed by atoms with van der Waals surface area (Å²) in [4.78, 5) is 0. The van der Waals surface area contributed by atoms with Gasteiger partial charge in [0.15, 0.2) is 0 Å². The fourth-order valence-corrected chi connectivity index (χ4v) is 1.15. The summed E-state index contributed by atoms with van der Waals surface area (Å²) >= 11 is 0. The van der Waals surface area contributed by atoms with E-state index in [4.69, 9.17) is 9.84 Å². The molecule has 0 aromatic rings. The van der Waals surface area contributed by atoms with Crippen molar-refractivity contribution in [2.75, 3.05) is 19.8 Å². The van der Waals surface area contributed by atoms with Gasteiger partial charge in [-0.3, -0.25) is 0 Å². The van der Waals surface area contributed by atoms with Crippen LogP contribution in [0.5, 0.6) is 0 Å². The molecule has 0 rings (SSSR count). The van der Waals surface area contributed by atoms with Crippen LogP contribution >= 0.6 is 0 Å². The molecule has 0 heterocycles. The van der Waals surface area contributed by atoms with E-state index in [0.717, 1.165) is 13.0 Å². The Morgan fingerprint density at radius 1 is 0.923 bits per heavy atom. The summed E-state index contributed by atoms with van der Waals surface area (Å²) in [6.45, 7) is 3.68. The number of rotatable bonds is 9. The molecule has 0 fully saturated rings. The molecule has 0 amide bonds. The SMILES string of the molecule is CCCCCCCCOCCO.N. The Balaban J connectivity index is 0. The van der Waals surface area contributed by atoms with Crippen LogP contribution in [0.15, 0.2) is 0 Å². The highest BCUT2D eigenvalue weighted by Gasteiger charge is 1.89. The Morgan fingerprint density at radius 2 is 1.54 bits per heavy atom. The van der Waals surface area contributed by atoms with Crippen molar-refractivity contribution in [3.05, 3.63) is 0 Å². The van der Waals surface area contributed by atoms with Gasteiger partial charge in [-0.1, -0.05) is 39.0 Å². The van der Waals surface area contributed by atoms with Crippen LogP contribution in [0.4, 0.5) is 0 Å². The summed E-state index contributed by atoms with van der Waals surface area (Å²) in [5.41, 5.74) is 0. The Hall–Kier alpha value is -0.120. The van der Waals surface area contributed by atoms with E-state index >= 15 is 0 Å². The van der Waals surface area contributed by atoms with Crippen LogP contribution in [0.3, 0.4) is 0 Å². The van der Waals surface area contributed by atoms with Gasteiger partial charge in [0.25, 0.3) is 0 Å². The standard InChI is InChI=1S/C10H22O2.H3N/c1-2-3-4-5-6-7-9-12-10-8-11;/h11H,2-10H2,1H3;1H3. The molecule has 3 heteroatoms. The molecule has 0 aliphatic carbocycles. The minimum absolute atomic E-state index is 0. The van der Waals surface area contributed by atoms with E-state index in [9.17, 15) is 0 Å². The Bertz CT molecular complexity index is 69.3. The molecule has 82 valence electrons. The van der Waals surface area contributed by atoms with Crippen LogP contribution < -0.4 is 6.15 Å². The van der Waals surface area contributed by atoms with Gasteiger partial charge in [-0.2, -0.15) is 0 Å². The summed E-state index contributed by atoms with van der Waals surface area (Å²) in [5.74, 6) is 0. The van der Waals surface area contributed by atoms with E-state index < -0.39 is 0 Å². The molecule has 0 saturated carbocycles. The third kappa shape index (κ3) is 14.7. The summed E-state index contributed by atoms with van der Waals surface area (Å²) in [6, 6.07) is 0. The molecule has 0 spiro atoms. The van der Waals surface area contributed by atoms with Gasteiger partial charge in [-0.05, 0) is 6.42 Å². The Labute approximate surface area is 82.1 Å². The molecule has 0 radical (unpaired) electrons. The predicted octanol–water partition coefficient (Wildman–Crippen LogP) is 2.52. The molecule has 0 unspecified atom stereocenters. The summed E-state index contributed by atoms with van der Waals surface area (Å²) in [7, 11) is 0. The first kappa shape index (κ1) is 15.4. The van der Waals surface area contributed by atoms with E-state index in [1.54, 1.807) is 0 Å². The lowest BCUT2D eigenvalue weighted by molar-refractivity contribution is 0.0895. The van der Waals surface area contributed by atoms with E-state index in [1.165, 1.54) is 32.1 Å². The van der Waals surface area contributed by atoms with Crippen molar-refractivity contribution >= 4 is 0 Å². The number of aliphatic hydroxyl groups excluding tert-OH is 1. The zero-order chi connectivity index (χ0) is 9.07. The first-order chi connectivity index (χ1) is 5.91. The molecule has 4 N–H and O–H groups in total. The molecule has 13 heavy (non-hydrogen) atoms. The number of hydrogen-bond donors (Lipinski definition) is 2. The van der Waals surface area contributed by atoms with E-state index in [2.05, 4.69) is 6.92 Å². The minimum Gasteiger partial charge on any atom is -0.394 e. The van der Waals surface area contributed by atoms with Crippen molar-refractivity contribution in [3.63, 3.8) is 0 Å². The van der Waals surface area contributed by atoms with Crippen LogP contribution in [0.1, 0.15) is 45.4 Å². The average Bonchev–Trinajstić information content (AvgIpc) is 2.10. The van der Waals surface area contributed by atoms with Gasteiger partial charge in [0.1, 0.15) is 0 Å². The zero-order valence-electron chi connectivity index (χ0n) is 8.93. The Kier molecular flexibility index (Phi) is 17.0. The maximum Gasteiger partial charge on any atom is 0.0697 e. The van der Waals surface area contributed by atoms with Crippen molar-refractivity contribution in [2.45, 2.75) is 45.4 Å². The second-order valence-electron chi connectivity index (χ2n) is 3.10. The van der Waals surface area contributed by atoms with Gasteiger partial charge in [-0.25, -0.2) is 0 Å². The maximum atomic E-state index is 8.41. The van der Waals surface area contributed by atoms with Gasteiger partial charge in [-0.15, -0.1) is 0 Å². The Morgan fingerprint density at radius 3 is 2.15 bits per heavy atom. The highest BCUT2D eigenvalue weighted by molar-refractivity contribution is 4.43. The highest BCUT2D eigenvalue weighted by atomic mass is 16.5. The van der Waals surface area contributed by atoms with Gasteiger partial charge >= 0.3 is 0 Å². The van der Waals surface area contributed by atoms with Gasteiger partial charge < -0.3 is 16.0 Å². The number of ether oxygens (including phenoxy) is 1. The summed E-state index contributed by atoms with van der Waals surface area (Å²) in [6.07, 6.45) is 7.76. The fourth-order valence-electron chi connectivity index (χ4n) is 1.15. The summed E-state index contributed by atoms with van der Waals surface area (Å²) < 4.78 is 5.14. The van der Waals surface area contributed by atoms with Crippen molar-refractivity contribution in [2.24, 2.45) is 0 Å². The van der Waals surface area contributed by atoms with Crippen LogP contribution in [0.25, 0.3) is 0 Å². The third-order valence-electron chi connectivity index (χ3n) is 1.88. The fraction of sp³-hybridized carbons (Fsp3) is 1.00. The highest BCUT2D eigenvalue weighted by Crippen LogP contribution is 2.04. The molecule has 3 nitrogen and oxygen atoms in total. The van der Waals surface area contributed by atoms with E-state index in [1.807, 2.05) is 0 Å². The first-order valence-electron chi connectivity index (χ1n) is 5.10. The maximum absolute atomic E-state index is 8.41. The van der Waals surface area contributed by atoms with Crippen molar-refractivity contribution in [1.29, 1.82) is 0 Å². The topological polar surface area (TPSA) is 64.5 Å². The minimum atomic E-state index is 0. The van der Waals surface area contributed by atoms with Gasteiger partial charge in [0.05, 0.1) is 13.2 Å². The molecule has 0 bridgehead atoms. The second kappa shape index (κ2) is 14.4. The molecular weight excluding hydrogens is 166 g/mol. The van der Waals surface area contributed by atoms with Gasteiger partial charge in [0.2, 0.25) is 0 Å². The number of unbranched alkanes of at least 4 members (excludes halogenated alkanes) is 5. The molecule has 0 saturated heterocycles. The summed E-state index contributed by atoms with van der Waals surface area (Å²) in [5, 5.41) is 8.41. The molecule has 0 aliphatic rings. The second-order valence-corrected chi connectivity index (χ2v) is 3.10. The zero-order valence-corrected chi connectivity index (χ0v) is 8.93.